The van der Waals surface area contributed by atoms with Gasteiger partial charge in [-0.2, -0.15) is 5.10 Å². The predicted molar refractivity (Wildman–Crippen MR) is 103 cm³/mol. The van der Waals surface area contributed by atoms with Crippen molar-refractivity contribution < 1.29 is 9.18 Å². The summed E-state index contributed by atoms with van der Waals surface area (Å²) in [5, 5.41) is 4.42. The lowest BCUT2D eigenvalue weighted by Crippen LogP contribution is -2.35. The zero-order valence-electron chi connectivity index (χ0n) is 15.4. The van der Waals surface area contributed by atoms with Crippen molar-refractivity contribution in [3.8, 4) is 5.69 Å². The van der Waals surface area contributed by atoms with E-state index in [4.69, 9.17) is 5.73 Å². The van der Waals surface area contributed by atoms with E-state index in [1.54, 1.807) is 23.0 Å². The molecule has 1 amide bonds. The molecular formula is C19H26ClFN4O. The molecule has 5 nitrogen and oxygen atoms in total. The largest absolute Gasteiger partial charge is 0.335 e. The highest BCUT2D eigenvalue weighted by molar-refractivity contribution is 5.96. The number of halogens is 2. The maximum absolute atomic E-state index is 13.2. The Kier molecular flexibility index (Phi) is 6.42. The third kappa shape index (κ3) is 3.76. The van der Waals surface area contributed by atoms with Crippen molar-refractivity contribution in [1.29, 1.82) is 0 Å². The van der Waals surface area contributed by atoms with Gasteiger partial charge in [-0.25, -0.2) is 9.07 Å². The Hall–Kier alpha value is -1.92. The van der Waals surface area contributed by atoms with Gasteiger partial charge in [0, 0.05) is 12.6 Å². The molecule has 1 fully saturated rings. The molecule has 1 aliphatic heterocycles. The van der Waals surface area contributed by atoms with Crippen LogP contribution in [-0.4, -0.2) is 39.7 Å². The van der Waals surface area contributed by atoms with Crippen molar-refractivity contribution >= 4 is 18.3 Å². The van der Waals surface area contributed by atoms with Crippen molar-refractivity contribution in [2.45, 2.75) is 39.2 Å². The van der Waals surface area contributed by atoms with Crippen LogP contribution in [0.15, 0.2) is 30.5 Å². The van der Waals surface area contributed by atoms with Crippen molar-refractivity contribution in [2.75, 3.05) is 13.1 Å². The van der Waals surface area contributed by atoms with Crippen LogP contribution in [-0.2, 0) is 0 Å². The fourth-order valence-corrected chi connectivity index (χ4v) is 3.62. The molecule has 2 N–H and O–H groups in total. The molecule has 3 rings (SSSR count). The zero-order chi connectivity index (χ0) is 18.1. The molecule has 0 radical (unpaired) electrons. The second kappa shape index (κ2) is 8.18. The molecule has 0 saturated carbocycles. The van der Waals surface area contributed by atoms with Gasteiger partial charge in [-0.3, -0.25) is 4.79 Å². The van der Waals surface area contributed by atoms with Crippen LogP contribution in [0.25, 0.3) is 5.69 Å². The van der Waals surface area contributed by atoms with E-state index < -0.39 is 0 Å². The summed E-state index contributed by atoms with van der Waals surface area (Å²) < 4.78 is 14.9. The van der Waals surface area contributed by atoms with Crippen LogP contribution in [0.2, 0.25) is 0 Å². The van der Waals surface area contributed by atoms with Crippen molar-refractivity contribution in [3.05, 3.63) is 47.5 Å². The van der Waals surface area contributed by atoms with Gasteiger partial charge in [0.15, 0.2) is 0 Å². The highest BCUT2D eigenvalue weighted by Crippen LogP contribution is 2.28. The number of carbonyl (C=O) groups is 1. The van der Waals surface area contributed by atoms with Gasteiger partial charge in [-0.05, 0) is 56.0 Å². The van der Waals surface area contributed by atoms with Gasteiger partial charge in [0.2, 0.25) is 0 Å². The number of aromatic nitrogens is 2. The molecule has 0 spiro atoms. The molecule has 1 saturated heterocycles. The Morgan fingerprint density at radius 3 is 2.54 bits per heavy atom. The highest BCUT2D eigenvalue weighted by atomic mass is 35.5. The first kappa shape index (κ1) is 20.4. The fourth-order valence-electron chi connectivity index (χ4n) is 3.62. The Bertz CT molecular complexity index is 759. The quantitative estimate of drug-likeness (QED) is 0.884. The molecule has 1 aliphatic rings. The summed E-state index contributed by atoms with van der Waals surface area (Å²) >= 11 is 0. The molecule has 2 atom stereocenters. The number of hydrogen-bond donors (Lipinski definition) is 1. The van der Waals surface area contributed by atoms with E-state index in [0.717, 1.165) is 17.8 Å². The number of nitrogens with two attached hydrogens (primary N) is 1. The molecule has 7 heteroatoms. The molecule has 142 valence electrons. The van der Waals surface area contributed by atoms with Crippen LogP contribution in [0.1, 0.15) is 49.2 Å². The molecular weight excluding hydrogens is 355 g/mol. The van der Waals surface area contributed by atoms with Gasteiger partial charge >= 0.3 is 0 Å². The fraction of sp³-hybridized carbons (Fsp3) is 0.474. The van der Waals surface area contributed by atoms with E-state index in [1.165, 1.54) is 12.1 Å². The molecule has 1 aromatic heterocycles. The first-order valence-electron chi connectivity index (χ1n) is 8.77. The smallest absolute Gasteiger partial charge is 0.257 e. The number of hydrogen-bond acceptors (Lipinski definition) is 3. The standard InChI is InChI=1S/C19H25FN4O.ClH/c1-12(2)18-17(19(25)23-11-14(9-21)8-13(23)3)10-22-24(18)16-6-4-15(20)5-7-16;/h4-7,10,12-14H,8-9,11,21H2,1-3H3;1H. The lowest BCUT2D eigenvalue weighted by Gasteiger charge is -2.22. The second-order valence-electron chi connectivity index (χ2n) is 7.13. The predicted octanol–water partition coefficient (Wildman–Crippen LogP) is 3.37. The van der Waals surface area contributed by atoms with Crippen molar-refractivity contribution in [2.24, 2.45) is 11.7 Å². The lowest BCUT2D eigenvalue weighted by atomic mass is 10.0. The van der Waals surface area contributed by atoms with Crippen LogP contribution >= 0.6 is 12.4 Å². The first-order chi connectivity index (χ1) is 11.9. The lowest BCUT2D eigenvalue weighted by molar-refractivity contribution is 0.0742. The average molecular weight is 381 g/mol. The Labute approximate surface area is 159 Å². The average Bonchev–Trinajstić information content (AvgIpc) is 3.18. The van der Waals surface area contributed by atoms with E-state index in [2.05, 4.69) is 12.0 Å². The van der Waals surface area contributed by atoms with Crippen molar-refractivity contribution in [3.63, 3.8) is 0 Å². The number of likely N-dealkylation sites (tertiary alicyclic amines) is 1. The maximum Gasteiger partial charge on any atom is 0.257 e. The Balaban J connectivity index is 0.00000243. The van der Waals surface area contributed by atoms with E-state index in [0.29, 0.717) is 24.6 Å². The van der Waals surface area contributed by atoms with Crippen LogP contribution in [0.3, 0.4) is 0 Å². The summed E-state index contributed by atoms with van der Waals surface area (Å²) in [6.45, 7) is 7.41. The molecule has 0 bridgehead atoms. The summed E-state index contributed by atoms with van der Waals surface area (Å²) in [5.41, 5.74) is 7.99. The number of rotatable bonds is 4. The van der Waals surface area contributed by atoms with E-state index in [9.17, 15) is 9.18 Å². The number of amides is 1. The summed E-state index contributed by atoms with van der Waals surface area (Å²) in [5.74, 6) is 0.167. The third-order valence-electron chi connectivity index (χ3n) is 4.91. The summed E-state index contributed by atoms with van der Waals surface area (Å²) in [4.78, 5) is 15.0. The highest BCUT2D eigenvalue weighted by Gasteiger charge is 2.34. The molecule has 2 unspecified atom stereocenters. The number of benzene rings is 1. The van der Waals surface area contributed by atoms with Crippen LogP contribution in [0.5, 0.6) is 0 Å². The van der Waals surface area contributed by atoms with Gasteiger partial charge in [-0.1, -0.05) is 13.8 Å². The van der Waals surface area contributed by atoms with Crippen LogP contribution in [0.4, 0.5) is 4.39 Å². The summed E-state index contributed by atoms with van der Waals surface area (Å²) in [6, 6.07) is 6.32. The van der Waals surface area contributed by atoms with E-state index in [1.807, 2.05) is 18.7 Å². The first-order valence-corrected chi connectivity index (χ1v) is 8.77. The number of carbonyl (C=O) groups excluding carboxylic acids is 1. The van der Waals surface area contributed by atoms with E-state index >= 15 is 0 Å². The van der Waals surface area contributed by atoms with Gasteiger partial charge in [-0.15, -0.1) is 12.4 Å². The normalized spacial score (nSPS) is 19.7. The molecule has 0 aliphatic carbocycles. The maximum atomic E-state index is 13.2. The van der Waals surface area contributed by atoms with E-state index in [-0.39, 0.29) is 36.1 Å². The van der Waals surface area contributed by atoms with Gasteiger partial charge in [0.05, 0.1) is 23.1 Å². The van der Waals surface area contributed by atoms with Crippen LogP contribution < -0.4 is 5.73 Å². The zero-order valence-corrected chi connectivity index (χ0v) is 16.2. The molecule has 2 aromatic rings. The van der Waals surface area contributed by atoms with Crippen molar-refractivity contribution in [1.82, 2.24) is 14.7 Å². The minimum absolute atomic E-state index is 0. The molecule has 1 aromatic carbocycles. The Morgan fingerprint density at radius 2 is 2.00 bits per heavy atom. The summed E-state index contributed by atoms with van der Waals surface area (Å²) in [7, 11) is 0. The van der Waals surface area contributed by atoms with Gasteiger partial charge < -0.3 is 10.6 Å². The number of nitrogens with zero attached hydrogens (tertiary/aromatic N) is 3. The topological polar surface area (TPSA) is 64.2 Å². The molecule has 26 heavy (non-hydrogen) atoms. The van der Waals surface area contributed by atoms with Gasteiger partial charge in [0.25, 0.3) is 5.91 Å². The minimum atomic E-state index is -0.294. The monoisotopic (exact) mass is 380 g/mol. The SMILES string of the molecule is CC(C)c1c(C(=O)N2CC(CN)CC2C)cnn1-c1ccc(F)cc1.Cl. The summed E-state index contributed by atoms with van der Waals surface area (Å²) in [6.07, 6.45) is 2.56. The van der Waals surface area contributed by atoms with Gasteiger partial charge in [0.1, 0.15) is 5.82 Å². The molecule has 2 heterocycles. The third-order valence-corrected chi connectivity index (χ3v) is 4.91. The van der Waals surface area contributed by atoms with Crippen LogP contribution in [0, 0.1) is 11.7 Å². The second-order valence-corrected chi connectivity index (χ2v) is 7.13. The Morgan fingerprint density at radius 1 is 1.35 bits per heavy atom. The minimum Gasteiger partial charge on any atom is -0.335 e.